The van der Waals surface area contributed by atoms with Crippen molar-refractivity contribution in [2.45, 2.75) is 25.2 Å². The molecular weight excluding hydrogens is 280 g/mol. The Morgan fingerprint density at radius 3 is 3.00 bits per heavy atom. The number of aliphatic carboxylic acids is 1. The van der Waals surface area contributed by atoms with Crippen molar-refractivity contribution >= 4 is 5.97 Å². The molecule has 0 spiro atoms. The molecule has 0 radical (unpaired) electrons. The second-order valence-corrected chi connectivity index (χ2v) is 6.11. The smallest absolute Gasteiger partial charge is 0.316 e. The summed E-state index contributed by atoms with van der Waals surface area (Å²) in [5, 5.41) is 9.70. The lowest BCUT2D eigenvalue weighted by molar-refractivity contribution is -0.140. The van der Waals surface area contributed by atoms with Crippen LogP contribution in [-0.4, -0.2) is 32.2 Å². The summed E-state index contributed by atoms with van der Waals surface area (Å²) >= 11 is 0. The molecule has 1 fully saturated rings. The number of nitrogens with zero attached hydrogens (tertiary/aromatic N) is 3. The number of hydrogen-bond donors (Lipinski definition) is 2. The Balaban J connectivity index is 1.86. The van der Waals surface area contributed by atoms with Crippen LogP contribution in [0.5, 0.6) is 0 Å². The fourth-order valence-electron chi connectivity index (χ4n) is 3.07. The summed E-state index contributed by atoms with van der Waals surface area (Å²) in [5.74, 6) is 0.363. The summed E-state index contributed by atoms with van der Waals surface area (Å²) in [6.07, 6.45) is 6.56. The number of hydrogen-bond acceptors (Lipinski definition) is 4. The molecule has 3 rings (SSSR count). The zero-order chi connectivity index (χ0) is 15.7. The highest BCUT2D eigenvalue weighted by Crippen LogP contribution is 2.56. The van der Waals surface area contributed by atoms with E-state index in [9.17, 15) is 9.90 Å². The predicted octanol–water partition coefficient (Wildman–Crippen LogP) is 1.59. The molecule has 0 saturated heterocycles. The van der Waals surface area contributed by atoms with Crippen molar-refractivity contribution in [2.24, 2.45) is 17.6 Å². The van der Waals surface area contributed by atoms with E-state index < -0.39 is 11.4 Å². The summed E-state index contributed by atoms with van der Waals surface area (Å²) in [7, 11) is 0. The van der Waals surface area contributed by atoms with E-state index in [2.05, 4.69) is 16.9 Å². The van der Waals surface area contributed by atoms with Gasteiger partial charge in [-0.25, -0.2) is 9.97 Å². The molecule has 22 heavy (non-hydrogen) atoms. The minimum atomic E-state index is -0.858. The third kappa shape index (κ3) is 2.39. The van der Waals surface area contributed by atoms with Crippen molar-refractivity contribution in [1.29, 1.82) is 0 Å². The van der Waals surface area contributed by atoms with Gasteiger partial charge in [0.25, 0.3) is 0 Å². The van der Waals surface area contributed by atoms with Crippen LogP contribution in [0.2, 0.25) is 0 Å². The Hall–Kier alpha value is -2.21. The Morgan fingerprint density at radius 2 is 2.36 bits per heavy atom. The van der Waals surface area contributed by atoms with E-state index in [1.54, 1.807) is 23.3 Å². The number of pyridine rings is 1. The van der Waals surface area contributed by atoms with Gasteiger partial charge < -0.3 is 10.8 Å². The maximum Gasteiger partial charge on any atom is 0.316 e. The van der Waals surface area contributed by atoms with Gasteiger partial charge in [0, 0.05) is 12.4 Å². The molecule has 0 amide bonds. The van der Waals surface area contributed by atoms with E-state index >= 15 is 0 Å². The number of imidazole rings is 1. The van der Waals surface area contributed by atoms with Gasteiger partial charge in [-0.3, -0.25) is 9.36 Å². The minimum absolute atomic E-state index is 0.107. The molecule has 3 N–H and O–H groups in total. The lowest BCUT2D eigenvalue weighted by atomic mass is 9.94. The predicted molar refractivity (Wildman–Crippen MR) is 81.6 cm³/mol. The lowest BCUT2D eigenvalue weighted by Gasteiger charge is -2.12. The van der Waals surface area contributed by atoms with Gasteiger partial charge in [0.2, 0.25) is 0 Å². The second kappa shape index (κ2) is 5.53. The van der Waals surface area contributed by atoms with Crippen molar-refractivity contribution in [1.82, 2.24) is 14.5 Å². The Bertz CT molecular complexity index is 670. The molecule has 1 aliphatic rings. The molecule has 6 nitrogen and oxygen atoms in total. The zero-order valence-corrected chi connectivity index (χ0v) is 12.5. The molecule has 2 heterocycles. The first-order valence-corrected chi connectivity index (χ1v) is 7.47. The third-order valence-corrected chi connectivity index (χ3v) is 4.53. The van der Waals surface area contributed by atoms with Crippen molar-refractivity contribution in [3.05, 3.63) is 42.6 Å². The largest absolute Gasteiger partial charge is 0.481 e. The molecule has 1 aliphatic carbocycles. The number of carbonyl (C=O) groups is 1. The highest BCUT2D eigenvalue weighted by molar-refractivity contribution is 5.85. The molecule has 0 unspecified atom stereocenters. The van der Waals surface area contributed by atoms with Gasteiger partial charge in [0.05, 0.1) is 5.69 Å². The van der Waals surface area contributed by atoms with Gasteiger partial charge in [0.15, 0.2) is 0 Å². The highest BCUT2D eigenvalue weighted by Gasteiger charge is 2.62. The van der Waals surface area contributed by atoms with Crippen molar-refractivity contribution in [3.63, 3.8) is 0 Å². The molecule has 3 atom stereocenters. The van der Waals surface area contributed by atoms with Crippen LogP contribution in [-0.2, 0) is 10.2 Å². The quantitative estimate of drug-likeness (QED) is 0.845. The van der Waals surface area contributed by atoms with Crippen molar-refractivity contribution < 1.29 is 9.90 Å². The van der Waals surface area contributed by atoms with Crippen LogP contribution >= 0.6 is 0 Å². The van der Waals surface area contributed by atoms with Gasteiger partial charge in [-0.15, -0.1) is 0 Å². The number of nitrogens with two attached hydrogens (primary N) is 1. The summed E-state index contributed by atoms with van der Waals surface area (Å²) in [6, 6.07) is 5.59. The van der Waals surface area contributed by atoms with Crippen molar-refractivity contribution in [3.8, 4) is 5.82 Å². The van der Waals surface area contributed by atoms with E-state index in [-0.39, 0.29) is 5.92 Å². The van der Waals surface area contributed by atoms with Gasteiger partial charge in [0.1, 0.15) is 17.6 Å². The van der Waals surface area contributed by atoms with E-state index in [4.69, 9.17) is 5.73 Å². The van der Waals surface area contributed by atoms with Crippen LogP contribution in [0, 0.1) is 11.8 Å². The zero-order valence-electron chi connectivity index (χ0n) is 12.5. The third-order valence-electron chi connectivity index (χ3n) is 4.53. The molecule has 0 aromatic carbocycles. The maximum atomic E-state index is 11.8. The molecule has 1 saturated carbocycles. The van der Waals surface area contributed by atoms with Crippen LogP contribution in [0.3, 0.4) is 0 Å². The number of rotatable bonds is 6. The molecular formula is C16H20N4O2. The van der Waals surface area contributed by atoms with Gasteiger partial charge in [-0.05, 0) is 43.4 Å². The standard InChI is InChI=1S/C16H20N4O2/c1-11(8-17)6-12-7-16(12,15(21)22)13-9-20(10-19-13)14-4-2-3-5-18-14/h2-5,9-12H,6-8,17H2,1H3,(H,21,22)/t11-,12+,16-/m1/s1. The fourth-order valence-corrected chi connectivity index (χ4v) is 3.07. The molecule has 0 bridgehead atoms. The second-order valence-electron chi connectivity index (χ2n) is 6.11. The van der Waals surface area contributed by atoms with E-state index in [1.807, 2.05) is 18.2 Å². The van der Waals surface area contributed by atoms with Crippen LogP contribution < -0.4 is 5.73 Å². The van der Waals surface area contributed by atoms with Crippen LogP contribution in [0.4, 0.5) is 0 Å². The maximum absolute atomic E-state index is 11.8. The topological polar surface area (TPSA) is 94.0 Å². The average molecular weight is 300 g/mol. The number of carboxylic acids is 1. The molecule has 2 aromatic heterocycles. The number of aromatic nitrogens is 3. The first-order valence-electron chi connectivity index (χ1n) is 7.47. The van der Waals surface area contributed by atoms with Crippen molar-refractivity contribution in [2.75, 3.05) is 6.54 Å². The first-order chi connectivity index (χ1) is 10.6. The Kier molecular flexibility index (Phi) is 3.70. The minimum Gasteiger partial charge on any atom is -0.481 e. The Morgan fingerprint density at radius 1 is 1.55 bits per heavy atom. The molecule has 116 valence electrons. The van der Waals surface area contributed by atoms with Gasteiger partial charge in [-0.1, -0.05) is 13.0 Å². The monoisotopic (exact) mass is 300 g/mol. The highest BCUT2D eigenvalue weighted by atomic mass is 16.4. The SMILES string of the molecule is C[C@@H](CN)C[C@H]1C[C@]1(C(=O)O)c1cn(-c2ccccn2)cn1. The summed E-state index contributed by atoms with van der Waals surface area (Å²) in [5.41, 5.74) is 5.41. The lowest BCUT2D eigenvalue weighted by Crippen LogP contribution is -2.24. The van der Waals surface area contributed by atoms with Gasteiger partial charge in [-0.2, -0.15) is 0 Å². The van der Waals surface area contributed by atoms with Gasteiger partial charge >= 0.3 is 5.97 Å². The number of carboxylic acid groups (broad SMARTS) is 1. The first kappa shape index (κ1) is 14.7. The summed E-state index contributed by atoms with van der Waals surface area (Å²) in [6.45, 7) is 2.63. The molecule has 2 aromatic rings. The van der Waals surface area contributed by atoms with Crippen LogP contribution in [0.15, 0.2) is 36.9 Å². The normalized spacial score (nSPS) is 24.9. The Labute approximate surface area is 129 Å². The molecule has 6 heteroatoms. The summed E-state index contributed by atoms with van der Waals surface area (Å²) in [4.78, 5) is 20.4. The molecule has 0 aliphatic heterocycles. The van der Waals surface area contributed by atoms with E-state index in [0.717, 1.165) is 12.2 Å². The van der Waals surface area contributed by atoms with Crippen LogP contribution in [0.1, 0.15) is 25.5 Å². The fraction of sp³-hybridized carbons (Fsp3) is 0.438. The van der Waals surface area contributed by atoms with Crippen LogP contribution in [0.25, 0.3) is 5.82 Å². The van der Waals surface area contributed by atoms with E-state index in [1.165, 1.54) is 0 Å². The summed E-state index contributed by atoms with van der Waals surface area (Å²) < 4.78 is 1.77. The average Bonchev–Trinajstić information content (AvgIpc) is 3.04. The van der Waals surface area contributed by atoms with E-state index in [0.29, 0.717) is 24.6 Å².